The Bertz CT molecular complexity index is 1860. The first-order valence-corrected chi connectivity index (χ1v) is 28.8. The predicted molar refractivity (Wildman–Crippen MR) is 235 cm³/mol. The smallest absolute Gasteiger partial charge is 0.416 e. The van der Waals surface area contributed by atoms with Crippen molar-refractivity contribution in [2.24, 2.45) is 0 Å². The van der Waals surface area contributed by atoms with Gasteiger partial charge in [-0.3, -0.25) is 4.90 Å². The Morgan fingerprint density at radius 2 is 1.40 bits per heavy atom. The van der Waals surface area contributed by atoms with Crippen molar-refractivity contribution in [1.29, 1.82) is 0 Å². The highest BCUT2D eigenvalue weighted by Crippen LogP contribution is 2.44. The second kappa shape index (κ2) is 17.2. The van der Waals surface area contributed by atoms with Crippen LogP contribution in [0.1, 0.15) is 91.7 Å². The van der Waals surface area contributed by atoms with E-state index in [1.807, 2.05) is 69.3 Å². The van der Waals surface area contributed by atoms with E-state index in [2.05, 4.69) is 50.2 Å². The van der Waals surface area contributed by atoms with Gasteiger partial charge >= 0.3 is 12.2 Å². The fraction of sp³-hybridized carbons (Fsp3) is 0.698. The summed E-state index contributed by atoms with van der Waals surface area (Å²) in [7, 11) is -2.61. The number of rotatable bonds is 15. The van der Waals surface area contributed by atoms with Crippen LogP contribution in [0.3, 0.4) is 0 Å². The van der Waals surface area contributed by atoms with Crippen LogP contribution in [0.5, 0.6) is 0 Å². The van der Waals surface area contributed by atoms with Gasteiger partial charge in [0.25, 0.3) is 0 Å². The molecule has 0 spiro atoms. The molecule has 2 aliphatic heterocycles. The molecule has 15 heteroatoms. The van der Waals surface area contributed by atoms with Crippen molar-refractivity contribution < 1.29 is 28.5 Å². The van der Waals surface area contributed by atoms with Gasteiger partial charge in [0.1, 0.15) is 36.3 Å². The highest BCUT2D eigenvalue weighted by Gasteiger charge is 2.46. The number of nitrogens with zero attached hydrogens (tertiary/aromatic N) is 7. The van der Waals surface area contributed by atoms with Crippen molar-refractivity contribution in [2.45, 2.75) is 167 Å². The molecule has 6 rings (SSSR count). The van der Waals surface area contributed by atoms with Crippen LogP contribution in [-0.2, 0) is 18.9 Å². The molecule has 2 amide bonds. The van der Waals surface area contributed by atoms with Gasteiger partial charge < -0.3 is 28.7 Å². The first kappa shape index (κ1) is 44.0. The van der Waals surface area contributed by atoms with E-state index in [0.29, 0.717) is 38.1 Å². The van der Waals surface area contributed by atoms with Gasteiger partial charge in [0, 0.05) is 82.5 Å². The van der Waals surface area contributed by atoms with Crippen molar-refractivity contribution in [1.82, 2.24) is 24.5 Å². The number of carbonyl (C=O) groups is 2. The summed E-state index contributed by atoms with van der Waals surface area (Å²) in [6, 6.07) is 8.43. The van der Waals surface area contributed by atoms with Gasteiger partial charge in [0.15, 0.2) is 5.65 Å². The van der Waals surface area contributed by atoms with E-state index in [1.54, 1.807) is 11.1 Å². The number of aromatic nitrogens is 4. The Morgan fingerprint density at radius 3 is 1.90 bits per heavy atom. The monoisotopic (exact) mass is 835 g/mol. The fourth-order valence-corrected chi connectivity index (χ4v) is 9.19. The lowest BCUT2D eigenvalue weighted by Crippen LogP contribution is -2.48. The van der Waals surface area contributed by atoms with E-state index < -0.39 is 27.3 Å². The van der Waals surface area contributed by atoms with E-state index in [1.165, 1.54) is 0 Å². The zero-order valence-electron chi connectivity index (χ0n) is 37.3. The Morgan fingerprint density at radius 1 is 0.810 bits per heavy atom. The molecule has 58 heavy (non-hydrogen) atoms. The molecule has 5 heterocycles. The van der Waals surface area contributed by atoms with Gasteiger partial charge in [-0.15, -0.1) is 0 Å². The number of piperidine rings is 1. The lowest BCUT2D eigenvalue weighted by atomic mass is 9.88. The third-order valence-electron chi connectivity index (χ3n) is 10.8. The molecule has 0 radical (unpaired) electrons. The number of pyridine rings is 1. The molecule has 13 nitrogen and oxygen atoms in total. The normalized spacial score (nSPS) is 20.1. The summed E-state index contributed by atoms with van der Waals surface area (Å²) < 4.78 is 26.3. The molecular weight excluding hydrogens is 767 g/mol. The third kappa shape index (κ3) is 11.6. The highest BCUT2D eigenvalue weighted by atomic mass is 28.3. The van der Waals surface area contributed by atoms with Gasteiger partial charge in [0.2, 0.25) is 0 Å². The molecule has 2 atom stereocenters. The first-order chi connectivity index (χ1) is 27.1. The molecule has 1 aliphatic carbocycles. The van der Waals surface area contributed by atoms with Crippen LogP contribution < -0.4 is 9.80 Å². The number of hydrogen-bond donors (Lipinski definition) is 0. The van der Waals surface area contributed by atoms with E-state index in [9.17, 15) is 9.59 Å². The average molecular weight is 836 g/mol. The van der Waals surface area contributed by atoms with Gasteiger partial charge in [-0.25, -0.2) is 19.6 Å². The molecule has 320 valence electrons. The maximum atomic E-state index is 13.4. The predicted octanol–water partition coefficient (Wildman–Crippen LogP) is 9.77. The quantitative estimate of drug-likeness (QED) is 0.0831. The summed E-state index contributed by atoms with van der Waals surface area (Å²) >= 11 is 0. The number of hydrogen-bond acceptors (Lipinski definition) is 10. The number of ether oxygens (including phenoxy) is 4. The molecule has 0 N–H and O–H groups in total. The SMILES string of the molecule is CC(C)(C)OC(=O)N(c1ccc(-c2cnn3c(N(COCC[Si](C)(C)C)COCC[Si](C)(C)C)cc(C4CC5CCC(C4)N5C(=O)OC(C)(C)C)nc23)cn1)C1CC1. The maximum Gasteiger partial charge on any atom is 0.416 e. The summed E-state index contributed by atoms with van der Waals surface area (Å²) in [4.78, 5) is 42.7. The molecule has 2 bridgehead atoms. The maximum absolute atomic E-state index is 13.4. The molecule has 3 aromatic heterocycles. The van der Waals surface area contributed by atoms with Gasteiger partial charge in [0.05, 0.1) is 6.20 Å². The minimum Gasteiger partial charge on any atom is -0.444 e. The van der Waals surface area contributed by atoms with Gasteiger partial charge in [-0.2, -0.15) is 9.61 Å². The molecular formula is C43H69N7O6Si2. The van der Waals surface area contributed by atoms with Crippen LogP contribution in [0.15, 0.2) is 30.6 Å². The average Bonchev–Trinajstić information content (AvgIpc) is 3.77. The Labute approximate surface area is 348 Å². The molecule has 1 saturated carbocycles. The number of amides is 2. The summed E-state index contributed by atoms with van der Waals surface area (Å²) in [6.07, 6.45) is 8.41. The highest BCUT2D eigenvalue weighted by molar-refractivity contribution is 6.76. The Hall–Kier alpha value is -3.54. The molecule has 2 saturated heterocycles. The summed E-state index contributed by atoms with van der Waals surface area (Å²) in [5.41, 5.74) is 2.20. The Kier molecular flexibility index (Phi) is 13.1. The van der Waals surface area contributed by atoms with Crippen LogP contribution in [0, 0.1) is 0 Å². The molecule has 3 fully saturated rings. The van der Waals surface area contributed by atoms with E-state index in [0.717, 1.165) is 73.3 Å². The van der Waals surface area contributed by atoms with Crippen molar-refractivity contribution in [3.8, 4) is 11.1 Å². The lowest BCUT2D eigenvalue weighted by molar-refractivity contribution is 0.00566. The third-order valence-corrected chi connectivity index (χ3v) is 14.3. The van der Waals surface area contributed by atoms with Crippen LogP contribution in [0.25, 0.3) is 16.8 Å². The van der Waals surface area contributed by atoms with Crippen molar-refractivity contribution >= 4 is 45.6 Å². The van der Waals surface area contributed by atoms with Crippen LogP contribution in [-0.4, -0.2) is 109 Å². The lowest BCUT2D eigenvalue weighted by Gasteiger charge is -2.39. The summed E-state index contributed by atoms with van der Waals surface area (Å²) in [5.74, 6) is 1.55. The zero-order chi connectivity index (χ0) is 42.2. The van der Waals surface area contributed by atoms with Crippen molar-refractivity contribution in [3.05, 3.63) is 36.3 Å². The minimum atomic E-state index is -1.31. The van der Waals surface area contributed by atoms with Crippen LogP contribution >= 0.6 is 0 Å². The zero-order valence-corrected chi connectivity index (χ0v) is 39.3. The molecule has 0 aromatic carbocycles. The molecule has 3 aliphatic rings. The van der Waals surface area contributed by atoms with Gasteiger partial charge in [-0.1, -0.05) is 39.3 Å². The number of fused-ring (bicyclic) bond motifs is 3. The minimum absolute atomic E-state index is 0.0842. The second-order valence-corrected chi connectivity index (χ2v) is 32.2. The largest absolute Gasteiger partial charge is 0.444 e. The van der Waals surface area contributed by atoms with Crippen molar-refractivity contribution in [2.75, 3.05) is 36.5 Å². The summed E-state index contributed by atoms with van der Waals surface area (Å²) in [6.45, 7) is 27.6. The molecule has 3 aromatic rings. The van der Waals surface area contributed by atoms with Crippen molar-refractivity contribution in [3.63, 3.8) is 0 Å². The number of carbonyl (C=O) groups excluding carboxylic acids is 2. The Balaban J connectivity index is 1.36. The topological polar surface area (TPSA) is 124 Å². The van der Waals surface area contributed by atoms with E-state index in [4.69, 9.17) is 34.0 Å². The van der Waals surface area contributed by atoms with Crippen LogP contribution in [0.2, 0.25) is 51.4 Å². The molecule has 2 unspecified atom stereocenters. The second-order valence-electron chi connectivity index (χ2n) is 21.0. The first-order valence-electron chi connectivity index (χ1n) is 21.3. The summed E-state index contributed by atoms with van der Waals surface area (Å²) in [5, 5.41) is 4.95. The van der Waals surface area contributed by atoms with E-state index in [-0.39, 0.29) is 36.2 Å². The van der Waals surface area contributed by atoms with E-state index >= 15 is 0 Å². The van der Waals surface area contributed by atoms with Gasteiger partial charge in [-0.05, 0) is 104 Å². The number of anilines is 2. The fourth-order valence-electron chi connectivity index (χ4n) is 7.67. The van der Waals surface area contributed by atoms with Crippen LogP contribution in [0.4, 0.5) is 21.2 Å². The standard InChI is InChI=1S/C43H69N7O6Si2/c1-42(2,3)55-40(51)48-33-16-17-34(48)24-31(23-33)36-25-38(47(28-53-19-21-57(7,8)9)29-54-20-22-58(10,11)12)50-39(46-36)35(27-45-50)30-13-18-37(44-26-30)49(32-14-15-32)41(52)56-43(4,5)6/h13,18,25-27,31-34H,14-17,19-24,28-29H2,1-12H3.